The van der Waals surface area contributed by atoms with Gasteiger partial charge in [0.2, 0.25) is 5.95 Å². The van der Waals surface area contributed by atoms with Crippen molar-refractivity contribution < 1.29 is 4.79 Å². The van der Waals surface area contributed by atoms with Crippen LogP contribution in [0.25, 0.3) is 0 Å². The standard InChI is InChI=1S/C20H23N5OS/c1-13-4-6-16(7-5-13)24-18-11-15(3)23-20(25-18)22-9-8-21-19(26)17-10-14(2)12-27-17/h4-7,10-12H,8-9H2,1-3H3,(H,21,26)(H2,22,23,24,25). The molecule has 3 aromatic rings. The van der Waals surface area contributed by atoms with Gasteiger partial charge < -0.3 is 16.0 Å². The average Bonchev–Trinajstić information content (AvgIpc) is 3.07. The molecular weight excluding hydrogens is 358 g/mol. The van der Waals surface area contributed by atoms with Crippen LogP contribution in [0.15, 0.2) is 41.8 Å². The minimum Gasteiger partial charge on any atom is -0.352 e. The van der Waals surface area contributed by atoms with E-state index in [1.54, 1.807) is 0 Å². The Morgan fingerprint density at radius 3 is 2.48 bits per heavy atom. The highest BCUT2D eigenvalue weighted by Crippen LogP contribution is 2.17. The van der Waals surface area contributed by atoms with Crippen molar-refractivity contribution in [2.24, 2.45) is 0 Å². The Labute approximate surface area is 163 Å². The fraction of sp³-hybridized carbons (Fsp3) is 0.250. The van der Waals surface area contributed by atoms with Crippen molar-refractivity contribution in [3.63, 3.8) is 0 Å². The number of hydrogen-bond acceptors (Lipinski definition) is 6. The Morgan fingerprint density at radius 2 is 1.78 bits per heavy atom. The minimum absolute atomic E-state index is 0.0539. The number of thiophene rings is 1. The molecule has 2 heterocycles. The molecule has 140 valence electrons. The Balaban J connectivity index is 1.53. The summed E-state index contributed by atoms with van der Waals surface area (Å²) in [6, 6.07) is 11.9. The zero-order chi connectivity index (χ0) is 19.2. The Hall–Kier alpha value is -2.93. The summed E-state index contributed by atoms with van der Waals surface area (Å²) < 4.78 is 0. The summed E-state index contributed by atoms with van der Waals surface area (Å²) in [4.78, 5) is 21.6. The van der Waals surface area contributed by atoms with E-state index < -0.39 is 0 Å². The Kier molecular flexibility index (Phi) is 6.03. The quantitative estimate of drug-likeness (QED) is 0.538. The number of hydrogen-bond donors (Lipinski definition) is 3. The summed E-state index contributed by atoms with van der Waals surface area (Å²) >= 11 is 1.45. The van der Waals surface area contributed by atoms with Crippen LogP contribution in [0.1, 0.15) is 26.5 Å². The second-order valence-corrected chi connectivity index (χ2v) is 7.29. The summed E-state index contributed by atoms with van der Waals surface area (Å²) in [7, 11) is 0. The summed E-state index contributed by atoms with van der Waals surface area (Å²) in [5.74, 6) is 1.21. The topological polar surface area (TPSA) is 78.9 Å². The summed E-state index contributed by atoms with van der Waals surface area (Å²) in [5.41, 5.74) is 4.15. The first kappa shape index (κ1) is 18.8. The zero-order valence-corrected chi connectivity index (χ0v) is 16.5. The van der Waals surface area contributed by atoms with Crippen LogP contribution in [-0.4, -0.2) is 29.0 Å². The lowest BCUT2D eigenvalue weighted by Crippen LogP contribution is -2.28. The number of benzene rings is 1. The van der Waals surface area contributed by atoms with Crippen LogP contribution >= 0.6 is 11.3 Å². The van der Waals surface area contributed by atoms with Gasteiger partial charge in [-0.05, 0) is 49.9 Å². The molecule has 0 aliphatic heterocycles. The molecule has 1 amide bonds. The van der Waals surface area contributed by atoms with Crippen molar-refractivity contribution in [3.05, 3.63) is 63.5 Å². The van der Waals surface area contributed by atoms with Gasteiger partial charge in [-0.1, -0.05) is 17.7 Å². The molecule has 0 spiro atoms. The molecule has 3 rings (SSSR count). The summed E-state index contributed by atoms with van der Waals surface area (Å²) in [6.07, 6.45) is 0. The van der Waals surface area contributed by atoms with E-state index in [2.05, 4.69) is 32.8 Å². The summed E-state index contributed by atoms with van der Waals surface area (Å²) in [6.45, 7) is 7.00. The van der Waals surface area contributed by atoms with E-state index in [4.69, 9.17) is 0 Å². The van der Waals surface area contributed by atoms with Gasteiger partial charge in [-0.25, -0.2) is 4.98 Å². The van der Waals surface area contributed by atoms with Crippen LogP contribution in [0, 0.1) is 20.8 Å². The minimum atomic E-state index is -0.0539. The van der Waals surface area contributed by atoms with Crippen LogP contribution < -0.4 is 16.0 Å². The number of carbonyl (C=O) groups is 1. The van der Waals surface area contributed by atoms with Crippen molar-refractivity contribution in [3.8, 4) is 0 Å². The van der Waals surface area contributed by atoms with Crippen LogP contribution in [0.2, 0.25) is 0 Å². The van der Waals surface area contributed by atoms with Gasteiger partial charge in [0.15, 0.2) is 0 Å². The molecule has 0 bridgehead atoms. The lowest BCUT2D eigenvalue weighted by molar-refractivity contribution is 0.0959. The van der Waals surface area contributed by atoms with E-state index in [0.29, 0.717) is 19.0 Å². The predicted octanol–water partition coefficient (Wildman–Crippen LogP) is 4.05. The summed E-state index contributed by atoms with van der Waals surface area (Å²) in [5, 5.41) is 11.3. The third-order valence-electron chi connectivity index (χ3n) is 3.83. The number of nitrogens with zero attached hydrogens (tertiary/aromatic N) is 2. The maximum atomic E-state index is 12.0. The number of anilines is 3. The molecule has 3 N–H and O–H groups in total. The molecule has 27 heavy (non-hydrogen) atoms. The first-order chi connectivity index (χ1) is 13.0. The molecule has 0 atom stereocenters. The highest BCUT2D eigenvalue weighted by Gasteiger charge is 2.07. The van der Waals surface area contributed by atoms with Gasteiger partial charge in [-0.2, -0.15) is 4.98 Å². The molecule has 0 aliphatic carbocycles. The van der Waals surface area contributed by atoms with Gasteiger partial charge >= 0.3 is 0 Å². The molecule has 0 fully saturated rings. The number of rotatable bonds is 7. The van der Waals surface area contributed by atoms with E-state index in [-0.39, 0.29) is 5.91 Å². The van der Waals surface area contributed by atoms with E-state index in [0.717, 1.165) is 27.6 Å². The second-order valence-electron chi connectivity index (χ2n) is 6.38. The van der Waals surface area contributed by atoms with Crippen molar-refractivity contribution in [1.29, 1.82) is 0 Å². The predicted molar refractivity (Wildman–Crippen MR) is 111 cm³/mol. The van der Waals surface area contributed by atoms with Crippen LogP contribution in [0.4, 0.5) is 17.5 Å². The molecule has 7 heteroatoms. The van der Waals surface area contributed by atoms with Crippen LogP contribution in [0.5, 0.6) is 0 Å². The van der Waals surface area contributed by atoms with Crippen molar-refractivity contribution in [1.82, 2.24) is 15.3 Å². The molecule has 0 aliphatic rings. The molecule has 6 nitrogen and oxygen atoms in total. The first-order valence-electron chi connectivity index (χ1n) is 8.76. The van der Waals surface area contributed by atoms with E-state index in [1.165, 1.54) is 16.9 Å². The molecule has 0 saturated carbocycles. The number of amides is 1. The average molecular weight is 382 g/mol. The largest absolute Gasteiger partial charge is 0.352 e. The SMILES string of the molecule is Cc1ccc(Nc2cc(C)nc(NCCNC(=O)c3cc(C)cs3)n2)cc1. The molecule has 1 aromatic carbocycles. The first-order valence-corrected chi connectivity index (χ1v) is 9.64. The maximum absolute atomic E-state index is 12.0. The molecule has 0 unspecified atom stereocenters. The van der Waals surface area contributed by atoms with Crippen molar-refractivity contribution in [2.45, 2.75) is 20.8 Å². The van der Waals surface area contributed by atoms with E-state index >= 15 is 0 Å². The molecule has 2 aromatic heterocycles. The number of carbonyl (C=O) groups excluding carboxylic acids is 1. The second kappa shape index (κ2) is 8.64. The lowest BCUT2D eigenvalue weighted by atomic mass is 10.2. The van der Waals surface area contributed by atoms with Crippen molar-refractivity contribution >= 4 is 34.7 Å². The maximum Gasteiger partial charge on any atom is 0.261 e. The fourth-order valence-corrected chi connectivity index (χ4v) is 3.30. The zero-order valence-electron chi connectivity index (χ0n) is 15.7. The van der Waals surface area contributed by atoms with Gasteiger partial charge in [-0.15, -0.1) is 11.3 Å². The number of aryl methyl sites for hydroxylation is 3. The van der Waals surface area contributed by atoms with Gasteiger partial charge in [0, 0.05) is 30.5 Å². The van der Waals surface area contributed by atoms with E-state index in [1.807, 2.05) is 55.6 Å². The van der Waals surface area contributed by atoms with Gasteiger partial charge in [0.05, 0.1) is 4.88 Å². The molecule has 0 radical (unpaired) electrons. The van der Waals surface area contributed by atoms with Crippen LogP contribution in [-0.2, 0) is 0 Å². The van der Waals surface area contributed by atoms with Gasteiger partial charge in [-0.3, -0.25) is 4.79 Å². The highest BCUT2D eigenvalue weighted by molar-refractivity contribution is 7.12. The molecule has 0 saturated heterocycles. The van der Waals surface area contributed by atoms with Crippen molar-refractivity contribution in [2.75, 3.05) is 23.7 Å². The Bertz CT molecular complexity index is 920. The Morgan fingerprint density at radius 1 is 1.00 bits per heavy atom. The van der Waals surface area contributed by atoms with Gasteiger partial charge in [0.1, 0.15) is 5.82 Å². The highest BCUT2D eigenvalue weighted by atomic mass is 32.1. The van der Waals surface area contributed by atoms with Crippen LogP contribution in [0.3, 0.4) is 0 Å². The normalized spacial score (nSPS) is 10.5. The third-order valence-corrected chi connectivity index (χ3v) is 4.87. The monoisotopic (exact) mass is 381 g/mol. The lowest BCUT2D eigenvalue weighted by Gasteiger charge is -2.10. The van der Waals surface area contributed by atoms with Gasteiger partial charge in [0.25, 0.3) is 5.91 Å². The molecular formula is C20H23N5OS. The fourth-order valence-electron chi connectivity index (χ4n) is 2.48. The number of aromatic nitrogens is 2. The third kappa shape index (κ3) is 5.52. The van der Waals surface area contributed by atoms with E-state index in [9.17, 15) is 4.79 Å². The number of nitrogens with one attached hydrogen (secondary N) is 3. The smallest absolute Gasteiger partial charge is 0.261 e.